The van der Waals surface area contributed by atoms with E-state index in [1.807, 2.05) is 34.6 Å². The summed E-state index contributed by atoms with van der Waals surface area (Å²) in [5.41, 5.74) is 0.0910. The molecule has 0 heterocycles. The number of carbonyl (C=O) groups excluding carboxylic acids is 1. The van der Waals surface area contributed by atoms with Gasteiger partial charge >= 0.3 is 0 Å². The normalized spacial score (nSPS) is 13.2. The lowest BCUT2D eigenvalue weighted by Crippen LogP contribution is -2.43. The van der Waals surface area contributed by atoms with Crippen molar-refractivity contribution in [2.24, 2.45) is 0 Å². The number of benzene rings is 1. The first-order chi connectivity index (χ1) is 11.4. The standard InChI is InChI=1S/C19H28N2O3/c1-6-10-19(5,23-11-7-2)18(22)21-16-8-9-17(24-14(3)4)15(12-16)13-20/h8-9,12,14H,6-7,10-11H2,1-5H3,(H,21,22). The van der Waals surface area contributed by atoms with Crippen LogP contribution in [0.4, 0.5) is 5.69 Å². The Hall–Kier alpha value is -2.06. The molecule has 1 unspecified atom stereocenters. The minimum absolute atomic E-state index is 0.0205. The molecule has 1 atom stereocenters. The molecule has 1 amide bonds. The van der Waals surface area contributed by atoms with Gasteiger partial charge < -0.3 is 14.8 Å². The Bertz CT molecular complexity index is 593. The summed E-state index contributed by atoms with van der Waals surface area (Å²) in [6.45, 7) is 10.2. The van der Waals surface area contributed by atoms with Crippen LogP contribution in [0.2, 0.25) is 0 Å². The number of carbonyl (C=O) groups is 1. The van der Waals surface area contributed by atoms with E-state index in [4.69, 9.17) is 9.47 Å². The number of ether oxygens (including phenoxy) is 2. The zero-order valence-electron chi connectivity index (χ0n) is 15.3. The minimum Gasteiger partial charge on any atom is -0.490 e. The molecule has 132 valence electrons. The van der Waals surface area contributed by atoms with Crippen LogP contribution in [0, 0.1) is 11.3 Å². The number of rotatable bonds is 9. The zero-order valence-corrected chi connectivity index (χ0v) is 15.3. The highest BCUT2D eigenvalue weighted by Gasteiger charge is 2.33. The Morgan fingerprint density at radius 3 is 2.58 bits per heavy atom. The number of nitriles is 1. The highest BCUT2D eigenvalue weighted by atomic mass is 16.5. The number of hydrogen-bond acceptors (Lipinski definition) is 4. The molecule has 1 rings (SSSR count). The smallest absolute Gasteiger partial charge is 0.256 e. The lowest BCUT2D eigenvalue weighted by atomic mass is 9.98. The second kappa shape index (κ2) is 9.29. The molecule has 1 N–H and O–H groups in total. The van der Waals surface area contributed by atoms with Crippen molar-refractivity contribution in [1.29, 1.82) is 5.26 Å². The fourth-order valence-corrected chi connectivity index (χ4v) is 2.37. The third-order valence-corrected chi connectivity index (χ3v) is 3.55. The van der Waals surface area contributed by atoms with Gasteiger partial charge in [0.1, 0.15) is 17.4 Å². The van der Waals surface area contributed by atoms with Crippen LogP contribution < -0.4 is 10.1 Å². The maximum atomic E-state index is 12.6. The zero-order chi connectivity index (χ0) is 18.2. The average molecular weight is 332 g/mol. The van der Waals surface area contributed by atoms with Crippen molar-refractivity contribution in [2.75, 3.05) is 11.9 Å². The second-order valence-electron chi connectivity index (χ2n) is 6.27. The van der Waals surface area contributed by atoms with Gasteiger partial charge in [-0.05, 0) is 51.8 Å². The Morgan fingerprint density at radius 2 is 2.04 bits per heavy atom. The molecule has 0 aromatic heterocycles. The lowest BCUT2D eigenvalue weighted by Gasteiger charge is -2.28. The molecule has 0 spiro atoms. The molecule has 0 aliphatic carbocycles. The second-order valence-corrected chi connectivity index (χ2v) is 6.27. The van der Waals surface area contributed by atoms with Crippen molar-refractivity contribution in [2.45, 2.75) is 65.6 Å². The van der Waals surface area contributed by atoms with Gasteiger partial charge in [0.25, 0.3) is 5.91 Å². The molecule has 5 nitrogen and oxygen atoms in total. The fraction of sp³-hybridized carbons (Fsp3) is 0.579. The van der Waals surface area contributed by atoms with E-state index in [0.29, 0.717) is 30.0 Å². The van der Waals surface area contributed by atoms with Gasteiger partial charge in [-0.15, -0.1) is 0 Å². The van der Waals surface area contributed by atoms with E-state index in [2.05, 4.69) is 11.4 Å². The highest BCUT2D eigenvalue weighted by molar-refractivity contribution is 5.97. The van der Waals surface area contributed by atoms with Crippen molar-refractivity contribution in [3.63, 3.8) is 0 Å². The molecule has 5 heteroatoms. The van der Waals surface area contributed by atoms with E-state index in [-0.39, 0.29) is 12.0 Å². The van der Waals surface area contributed by atoms with Crippen molar-refractivity contribution >= 4 is 11.6 Å². The topological polar surface area (TPSA) is 71.3 Å². The quantitative estimate of drug-likeness (QED) is 0.733. The molecular formula is C19H28N2O3. The monoisotopic (exact) mass is 332 g/mol. The Morgan fingerprint density at radius 1 is 1.33 bits per heavy atom. The molecule has 1 aromatic rings. The SMILES string of the molecule is CCCOC(C)(CCC)C(=O)Nc1ccc(OC(C)C)c(C#N)c1. The molecule has 0 bridgehead atoms. The van der Waals surface area contributed by atoms with Crippen LogP contribution >= 0.6 is 0 Å². The first-order valence-electron chi connectivity index (χ1n) is 8.52. The van der Waals surface area contributed by atoms with Crippen LogP contribution in [0.15, 0.2) is 18.2 Å². The lowest BCUT2D eigenvalue weighted by molar-refractivity contribution is -0.140. The maximum absolute atomic E-state index is 12.6. The third-order valence-electron chi connectivity index (χ3n) is 3.55. The summed E-state index contributed by atoms with van der Waals surface area (Å²) in [4.78, 5) is 12.6. The molecule has 0 radical (unpaired) electrons. The summed E-state index contributed by atoms with van der Waals surface area (Å²) in [6.07, 6.45) is 2.32. The number of hydrogen-bond donors (Lipinski definition) is 1. The van der Waals surface area contributed by atoms with Gasteiger partial charge in [0.15, 0.2) is 0 Å². The van der Waals surface area contributed by atoms with Crippen LogP contribution in [0.3, 0.4) is 0 Å². The summed E-state index contributed by atoms with van der Waals surface area (Å²) >= 11 is 0. The van der Waals surface area contributed by atoms with Gasteiger partial charge in [-0.1, -0.05) is 20.3 Å². The predicted octanol–water partition coefficient (Wildman–Crippen LogP) is 4.27. The van der Waals surface area contributed by atoms with E-state index >= 15 is 0 Å². The van der Waals surface area contributed by atoms with Crippen LogP contribution in [-0.4, -0.2) is 24.2 Å². The van der Waals surface area contributed by atoms with Gasteiger partial charge in [-0.2, -0.15) is 5.26 Å². The Labute approximate surface area is 145 Å². The van der Waals surface area contributed by atoms with Crippen molar-refractivity contribution in [3.05, 3.63) is 23.8 Å². The average Bonchev–Trinajstić information content (AvgIpc) is 2.54. The summed E-state index contributed by atoms with van der Waals surface area (Å²) in [5, 5.41) is 12.1. The fourth-order valence-electron chi connectivity index (χ4n) is 2.37. The Balaban J connectivity index is 2.94. The molecule has 0 saturated carbocycles. The minimum atomic E-state index is -0.870. The van der Waals surface area contributed by atoms with Crippen molar-refractivity contribution in [1.82, 2.24) is 0 Å². The van der Waals surface area contributed by atoms with E-state index in [1.165, 1.54) is 0 Å². The highest BCUT2D eigenvalue weighted by Crippen LogP contribution is 2.25. The third kappa shape index (κ3) is 5.54. The number of nitrogens with zero attached hydrogens (tertiary/aromatic N) is 1. The van der Waals surface area contributed by atoms with Crippen molar-refractivity contribution in [3.8, 4) is 11.8 Å². The van der Waals surface area contributed by atoms with Crippen molar-refractivity contribution < 1.29 is 14.3 Å². The summed E-state index contributed by atoms with van der Waals surface area (Å²) in [5.74, 6) is 0.322. The van der Waals surface area contributed by atoms with E-state index < -0.39 is 5.60 Å². The van der Waals surface area contributed by atoms with E-state index in [1.54, 1.807) is 18.2 Å². The first-order valence-corrected chi connectivity index (χ1v) is 8.52. The molecule has 0 saturated heterocycles. The predicted molar refractivity (Wildman–Crippen MR) is 95.1 cm³/mol. The number of nitrogens with one attached hydrogen (secondary N) is 1. The molecule has 0 fully saturated rings. The number of amides is 1. The van der Waals surface area contributed by atoms with Crippen LogP contribution in [-0.2, 0) is 9.53 Å². The molecule has 0 aliphatic rings. The maximum Gasteiger partial charge on any atom is 0.256 e. The molecule has 0 aliphatic heterocycles. The number of anilines is 1. The Kier molecular flexibility index (Phi) is 7.73. The van der Waals surface area contributed by atoms with Crippen LogP contribution in [0.5, 0.6) is 5.75 Å². The van der Waals surface area contributed by atoms with Gasteiger partial charge in [0.05, 0.1) is 11.7 Å². The summed E-state index contributed by atoms with van der Waals surface area (Å²) in [6, 6.07) is 7.18. The first kappa shape index (κ1) is 20.0. The van der Waals surface area contributed by atoms with E-state index in [9.17, 15) is 10.1 Å². The van der Waals surface area contributed by atoms with Gasteiger partial charge in [0, 0.05) is 12.3 Å². The van der Waals surface area contributed by atoms with Crippen LogP contribution in [0.1, 0.15) is 59.4 Å². The van der Waals surface area contributed by atoms with Gasteiger partial charge in [0.2, 0.25) is 0 Å². The van der Waals surface area contributed by atoms with Gasteiger partial charge in [-0.25, -0.2) is 0 Å². The molecule has 24 heavy (non-hydrogen) atoms. The summed E-state index contributed by atoms with van der Waals surface area (Å²) in [7, 11) is 0. The molecular weight excluding hydrogens is 304 g/mol. The molecule has 1 aromatic carbocycles. The summed E-state index contributed by atoms with van der Waals surface area (Å²) < 4.78 is 11.4. The largest absolute Gasteiger partial charge is 0.490 e. The van der Waals surface area contributed by atoms with Gasteiger partial charge in [-0.3, -0.25) is 4.79 Å². The van der Waals surface area contributed by atoms with Crippen LogP contribution in [0.25, 0.3) is 0 Å². The van der Waals surface area contributed by atoms with E-state index in [0.717, 1.165) is 12.8 Å².